The van der Waals surface area contributed by atoms with E-state index in [1.807, 2.05) is 24.3 Å². The van der Waals surface area contributed by atoms with E-state index in [9.17, 15) is 0 Å². The molecule has 0 fully saturated rings. The predicted molar refractivity (Wildman–Crippen MR) is 98.8 cm³/mol. The molecule has 0 saturated heterocycles. The van der Waals surface area contributed by atoms with Gasteiger partial charge >= 0.3 is 0 Å². The zero-order chi connectivity index (χ0) is 16.5. The first-order valence-electron chi connectivity index (χ1n) is 8.61. The highest BCUT2D eigenvalue weighted by atomic mass is 15.1. The van der Waals surface area contributed by atoms with Crippen molar-refractivity contribution in [2.45, 2.75) is 40.0 Å². The van der Waals surface area contributed by atoms with Crippen LogP contribution in [0.15, 0.2) is 36.4 Å². The van der Waals surface area contributed by atoms with Gasteiger partial charge in [-0.25, -0.2) is 4.98 Å². The lowest BCUT2D eigenvalue weighted by atomic mass is 10.1. The molecule has 1 aromatic heterocycles. The summed E-state index contributed by atoms with van der Waals surface area (Å²) in [6.45, 7) is 8.41. The maximum absolute atomic E-state index is 4.67. The van der Waals surface area contributed by atoms with Crippen molar-refractivity contribution < 1.29 is 0 Å². The summed E-state index contributed by atoms with van der Waals surface area (Å²) in [4.78, 5) is 9.26. The molecule has 2 aromatic rings. The van der Waals surface area contributed by atoms with Crippen LogP contribution in [-0.2, 0) is 0 Å². The Balaban J connectivity index is 2.17. The standard InChI is InChI=1S/C19H28N4/c1-4-5-9-12-20-19-22-17(16-10-7-6-8-11-16)13-18(23-19)21-14-15(2)3/h6-8,10-11,13,15H,4-5,9,12,14H2,1-3H3,(H2,20,21,22,23). The third-order valence-electron chi connectivity index (χ3n) is 3.55. The summed E-state index contributed by atoms with van der Waals surface area (Å²) in [5.41, 5.74) is 2.06. The highest BCUT2D eigenvalue weighted by Gasteiger charge is 2.07. The summed E-state index contributed by atoms with van der Waals surface area (Å²) in [6.07, 6.45) is 3.59. The van der Waals surface area contributed by atoms with E-state index in [1.165, 1.54) is 12.8 Å². The monoisotopic (exact) mass is 312 g/mol. The molecule has 1 aromatic carbocycles. The molecule has 2 N–H and O–H groups in total. The molecule has 2 rings (SSSR count). The fourth-order valence-electron chi connectivity index (χ4n) is 2.26. The second-order valence-electron chi connectivity index (χ2n) is 6.24. The van der Waals surface area contributed by atoms with Crippen LogP contribution in [-0.4, -0.2) is 23.1 Å². The lowest BCUT2D eigenvalue weighted by Gasteiger charge is -2.12. The minimum atomic E-state index is 0.575. The molecule has 0 unspecified atom stereocenters. The topological polar surface area (TPSA) is 49.8 Å². The van der Waals surface area contributed by atoms with E-state index in [2.05, 4.69) is 53.5 Å². The van der Waals surface area contributed by atoms with Crippen LogP contribution in [0.1, 0.15) is 40.0 Å². The summed E-state index contributed by atoms with van der Waals surface area (Å²) < 4.78 is 0. The number of unbranched alkanes of at least 4 members (excludes halogenated alkanes) is 2. The Morgan fingerprint density at radius 1 is 1.00 bits per heavy atom. The number of nitrogens with zero attached hydrogens (tertiary/aromatic N) is 2. The molecule has 0 aliphatic carbocycles. The highest BCUT2D eigenvalue weighted by Crippen LogP contribution is 2.21. The molecule has 1 heterocycles. The number of benzene rings is 1. The highest BCUT2D eigenvalue weighted by molar-refractivity contribution is 5.64. The van der Waals surface area contributed by atoms with E-state index >= 15 is 0 Å². The van der Waals surface area contributed by atoms with Crippen LogP contribution in [0, 0.1) is 5.92 Å². The Bertz CT molecular complexity index is 581. The number of hydrogen-bond acceptors (Lipinski definition) is 4. The van der Waals surface area contributed by atoms with Crippen LogP contribution in [0.2, 0.25) is 0 Å². The van der Waals surface area contributed by atoms with Gasteiger partial charge in [0.05, 0.1) is 5.69 Å². The van der Waals surface area contributed by atoms with Crippen LogP contribution in [0.4, 0.5) is 11.8 Å². The summed E-state index contributed by atoms with van der Waals surface area (Å²) in [7, 11) is 0. The van der Waals surface area contributed by atoms with E-state index in [-0.39, 0.29) is 0 Å². The summed E-state index contributed by atoms with van der Waals surface area (Å²) in [5.74, 6) is 2.16. The van der Waals surface area contributed by atoms with Gasteiger partial charge in [0, 0.05) is 24.7 Å². The Labute approximate surface area is 139 Å². The fraction of sp³-hybridized carbons (Fsp3) is 0.474. The second kappa shape index (κ2) is 9.13. The van der Waals surface area contributed by atoms with Crippen molar-refractivity contribution in [2.75, 3.05) is 23.7 Å². The molecule has 0 amide bonds. The molecule has 23 heavy (non-hydrogen) atoms. The zero-order valence-electron chi connectivity index (χ0n) is 14.5. The van der Waals surface area contributed by atoms with Crippen molar-refractivity contribution in [1.82, 2.24) is 9.97 Å². The first kappa shape index (κ1) is 17.3. The number of anilines is 2. The Hall–Kier alpha value is -2.10. The first-order chi connectivity index (χ1) is 11.2. The molecule has 0 atom stereocenters. The SMILES string of the molecule is CCCCCNc1nc(NCC(C)C)cc(-c2ccccc2)n1. The summed E-state index contributed by atoms with van der Waals surface area (Å²) in [5, 5.41) is 6.76. The Morgan fingerprint density at radius 2 is 1.78 bits per heavy atom. The van der Waals surface area contributed by atoms with Crippen molar-refractivity contribution >= 4 is 11.8 Å². The molecule has 0 saturated carbocycles. The normalized spacial score (nSPS) is 10.8. The van der Waals surface area contributed by atoms with Crippen LogP contribution in [0.3, 0.4) is 0 Å². The molecule has 0 bridgehead atoms. The van der Waals surface area contributed by atoms with Gasteiger partial charge in [-0.1, -0.05) is 63.9 Å². The number of rotatable bonds is 9. The van der Waals surface area contributed by atoms with Crippen molar-refractivity contribution in [3.05, 3.63) is 36.4 Å². The predicted octanol–water partition coefficient (Wildman–Crippen LogP) is 4.81. The molecule has 4 heteroatoms. The van der Waals surface area contributed by atoms with Gasteiger partial charge < -0.3 is 10.6 Å². The van der Waals surface area contributed by atoms with Crippen molar-refractivity contribution in [1.29, 1.82) is 0 Å². The van der Waals surface area contributed by atoms with Crippen molar-refractivity contribution in [3.63, 3.8) is 0 Å². The van der Waals surface area contributed by atoms with Crippen LogP contribution < -0.4 is 10.6 Å². The van der Waals surface area contributed by atoms with Crippen LogP contribution in [0.25, 0.3) is 11.3 Å². The van der Waals surface area contributed by atoms with Gasteiger partial charge in [-0.15, -0.1) is 0 Å². The number of aromatic nitrogens is 2. The van der Waals surface area contributed by atoms with E-state index in [1.54, 1.807) is 0 Å². The molecular formula is C19H28N4. The average molecular weight is 312 g/mol. The third-order valence-corrected chi connectivity index (χ3v) is 3.55. The minimum Gasteiger partial charge on any atom is -0.370 e. The Morgan fingerprint density at radius 3 is 2.48 bits per heavy atom. The van der Waals surface area contributed by atoms with Gasteiger partial charge in [0.15, 0.2) is 0 Å². The lowest BCUT2D eigenvalue weighted by molar-refractivity contribution is 0.686. The Kier molecular flexibility index (Phi) is 6.85. The molecule has 0 aliphatic heterocycles. The third kappa shape index (κ3) is 5.89. The summed E-state index contributed by atoms with van der Waals surface area (Å²) >= 11 is 0. The number of hydrogen-bond donors (Lipinski definition) is 2. The molecule has 0 radical (unpaired) electrons. The van der Waals surface area contributed by atoms with Crippen molar-refractivity contribution in [3.8, 4) is 11.3 Å². The molecule has 4 nitrogen and oxygen atoms in total. The van der Waals surface area contributed by atoms with Gasteiger partial charge in [0.1, 0.15) is 5.82 Å². The average Bonchev–Trinajstić information content (AvgIpc) is 2.57. The summed E-state index contributed by atoms with van der Waals surface area (Å²) in [6, 6.07) is 12.3. The van der Waals surface area contributed by atoms with Gasteiger partial charge in [0.2, 0.25) is 5.95 Å². The fourth-order valence-corrected chi connectivity index (χ4v) is 2.26. The van der Waals surface area contributed by atoms with Gasteiger partial charge in [-0.2, -0.15) is 4.98 Å². The van der Waals surface area contributed by atoms with Crippen LogP contribution >= 0.6 is 0 Å². The van der Waals surface area contributed by atoms with E-state index in [0.29, 0.717) is 11.9 Å². The lowest BCUT2D eigenvalue weighted by Crippen LogP contribution is -2.12. The molecular weight excluding hydrogens is 284 g/mol. The maximum Gasteiger partial charge on any atom is 0.225 e. The number of nitrogens with one attached hydrogen (secondary N) is 2. The molecule has 0 spiro atoms. The van der Waals surface area contributed by atoms with E-state index in [0.717, 1.165) is 36.6 Å². The minimum absolute atomic E-state index is 0.575. The quantitative estimate of drug-likeness (QED) is 0.652. The molecule has 0 aliphatic rings. The van der Waals surface area contributed by atoms with E-state index < -0.39 is 0 Å². The van der Waals surface area contributed by atoms with Crippen molar-refractivity contribution in [2.24, 2.45) is 5.92 Å². The van der Waals surface area contributed by atoms with Gasteiger partial charge in [-0.3, -0.25) is 0 Å². The largest absolute Gasteiger partial charge is 0.370 e. The molecule has 124 valence electrons. The second-order valence-corrected chi connectivity index (χ2v) is 6.24. The van der Waals surface area contributed by atoms with Gasteiger partial charge in [0.25, 0.3) is 0 Å². The maximum atomic E-state index is 4.67. The van der Waals surface area contributed by atoms with Gasteiger partial charge in [-0.05, 0) is 12.3 Å². The van der Waals surface area contributed by atoms with E-state index in [4.69, 9.17) is 0 Å². The first-order valence-corrected chi connectivity index (χ1v) is 8.61. The smallest absolute Gasteiger partial charge is 0.225 e. The zero-order valence-corrected chi connectivity index (χ0v) is 14.5. The van der Waals surface area contributed by atoms with Crippen LogP contribution in [0.5, 0.6) is 0 Å².